The molecule has 10 aromatic rings. The summed E-state index contributed by atoms with van der Waals surface area (Å²) in [6, 6.07) is 61.2. The van der Waals surface area contributed by atoms with Gasteiger partial charge in [-0.25, -0.2) is 4.39 Å². The number of hydrogen-bond donors (Lipinski definition) is 0. The number of fused-ring (bicyclic) bond motifs is 9. The molecule has 0 atom stereocenters. The van der Waals surface area contributed by atoms with Gasteiger partial charge in [0.2, 0.25) is 0 Å². The zero-order valence-electron chi connectivity index (χ0n) is 30.4. The minimum atomic E-state index is -0.241. The van der Waals surface area contributed by atoms with Gasteiger partial charge in [-0.3, -0.25) is 0 Å². The number of para-hydroxylation sites is 2. The number of aromatic nitrogens is 1. The van der Waals surface area contributed by atoms with Crippen LogP contribution in [-0.4, -0.2) is 4.57 Å². The summed E-state index contributed by atoms with van der Waals surface area (Å²) in [5, 5.41) is 4.52. The third-order valence-electron chi connectivity index (χ3n) is 11.7. The Bertz CT molecular complexity index is 3130. The molecule has 0 N–H and O–H groups in total. The van der Waals surface area contributed by atoms with Gasteiger partial charge in [-0.2, -0.15) is 0 Å². The standard InChI is InChI=1S/C51H35FN2O/c1-51(2)45-12-6-3-9-39(45)40-26-24-38(31-46(40)51)53(37-25-28-50-44(30-37)42-11-5-8-14-49(42)55-50)35-20-15-32(16-21-35)33-17-27-48-43(29-33)41-10-4-7-13-47(41)54(48)36-22-18-34(52)19-23-36/h3-31H,1-2H3. The maximum absolute atomic E-state index is 13.9. The molecule has 0 saturated carbocycles. The molecule has 8 aromatic carbocycles. The Morgan fingerprint density at radius 1 is 0.473 bits per heavy atom. The summed E-state index contributed by atoms with van der Waals surface area (Å²) in [7, 11) is 0. The third-order valence-corrected chi connectivity index (χ3v) is 11.7. The predicted molar refractivity (Wildman–Crippen MR) is 226 cm³/mol. The van der Waals surface area contributed by atoms with E-state index in [9.17, 15) is 4.39 Å². The molecule has 262 valence electrons. The molecule has 4 heteroatoms. The molecule has 3 nitrogen and oxygen atoms in total. The summed E-state index contributed by atoms with van der Waals surface area (Å²) < 4.78 is 22.3. The van der Waals surface area contributed by atoms with Crippen LogP contribution in [0, 0.1) is 5.82 Å². The molecule has 0 bridgehead atoms. The van der Waals surface area contributed by atoms with Crippen molar-refractivity contribution in [1.82, 2.24) is 4.57 Å². The minimum absolute atomic E-state index is 0.124. The van der Waals surface area contributed by atoms with Crippen LogP contribution in [0.5, 0.6) is 0 Å². The van der Waals surface area contributed by atoms with Gasteiger partial charge in [-0.1, -0.05) is 98.8 Å². The lowest BCUT2D eigenvalue weighted by Crippen LogP contribution is -2.16. The van der Waals surface area contributed by atoms with Crippen molar-refractivity contribution in [2.45, 2.75) is 19.3 Å². The van der Waals surface area contributed by atoms with Crippen molar-refractivity contribution in [3.05, 3.63) is 193 Å². The van der Waals surface area contributed by atoms with E-state index in [-0.39, 0.29) is 11.2 Å². The highest BCUT2D eigenvalue weighted by Crippen LogP contribution is 2.51. The topological polar surface area (TPSA) is 21.3 Å². The van der Waals surface area contributed by atoms with E-state index in [0.717, 1.165) is 77.6 Å². The smallest absolute Gasteiger partial charge is 0.135 e. The maximum Gasteiger partial charge on any atom is 0.135 e. The average Bonchev–Trinajstić information content (AvgIpc) is 3.84. The molecule has 0 spiro atoms. The highest BCUT2D eigenvalue weighted by Gasteiger charge is 2.35. The second kappa shape index (κ2) is 11.8. The summed E-state index contributed by atoms with van der Waals surface area (Å²) in [5.41, 5.74) is 15.6. The van der Waals surface area contributed by atoms with Gasteiger partial charge in [-0.05, 0) is 124 Å². The van der Waals surface area contributed by atoms with E-state index in [4.69, 9.17) is 4.42 Å². The van der Waals surface area contributed by atoms with Crippen LogP contribution in [0.2, 0.25) is 0 Å². The lowest BCUT2D eigenvalue weighted by atomic mass is 9.82. The molecule has 11 rings (SSSR count). The van der Waals surface area contributed by atoms with E-state index in [2.05, 4.69) is 163 Å². The predicted octanol–water partition coefficient (Wildman–Crippen LogP) is 14.3. The van der Waals surface area contributed by atoms with Crippen LogP contribution < -0.4 is 4.90 Å². The molecule has 0 radical (unpaired) electrons. The molecule has 2 heterocycles. The number of benzene rings is 8. The van der Waals surface area contributed by atoms with Gasteiger partial charge in [0, 0.05) is 49.7 Å². The Balaban J connectivity index is 1.04. The van der Waals surface area contributed by atoms with Crippen LogP contribution in [0.25, 0.3) is 71.7 Å². The first-order chi connectivity index (χ1) is 26.9. The monoisotopic (exact) mass is 710 g/mol. The first kappa shape index (κ1) is 31.6. The summed E-state index contributed by atoms with van der Waals surface area (Å²) in [6.45, 7) is 4.66. The summed E-state index contributed by atoms with van der Waals surface area (Å²) >= 11 is 0. The van der Waals surface area contributed by atoms with E-state index < -0.39 is 0 Å². The van der Waals surface area contributed by atoms with E-state index in [1.54, 1.807) is 0 Å². The van der Waals surface area contributed by atoms with Gasteiger partial charge in [0.25, 0.3) is 0 Å². The second-order valence-electron chi connectivity index (χ2n) is 15.1. The van der Waals surface area contributed by atoms with Crippen LogP contribution in [0.1, 0.15) is 25.0 Å². The lowest BCUT2D eigenvalue weighted by Gasteiger charge is -2.28. The first-order valence-corrected chi connectivity index (χ1v) is 18.8. The molecule has 1 aliphatic rings. The molecule has 0 aliphatic heterocycles. The van der Waals surface area contributed by atoms with Gasteiger partial charge in [0.05, 0.1) is 11.0 Å². The Hall–Kier alpha value is -6.91. The fourth-order valence-corrected chi connectivity index (χ4v) is 8.96. The molecular formula is C51H35FN2O. The average molecular weight is 711 g/mol. The molecule has 0 unspecified atom stereocenters. The summed E-state index contributed by atoms with van der Waals surface area (Å²) in [6.07, 6.45) is 0. The van der Waals surface area contributed by atoms with Crippen LogP contribution in [0.4, 0.5) is 21.5 Å². The van der Waals surface area contributed by atoms with Crippen molar-refractivity contribution in [3.63, 3.8) is 0 Å². The van der Waals surface area contributed by atoms with Crippen molar-refractivity contribution in [2.24, 2.45) is 0 Å². The van der Waals surface area contributed by atoms with E-state index in [1.165, 1.54) is 34.4 Å². The van der Waals surface area contributed by atoms with Crippen molar-refractivity contribution in [3.8, 4) is 27.9 Å². The number of anilines is 3. The fourth-order valence-electron chi connectivity index (χ4n) is 8.96. The quantitative estimate of drug-likeness (QED) is 0.177. The Morgan fingerprint density at radius 2 is 1.11 bits per heavy atom. The SMILES string of the molecule is CC1(C)c2ccccc2-c2ccc(N(c3ccc(-c4ccc5c(c4)c4ccccc4n5-c4ccc(F)cc4)cc3)c3ccc4oc5ccccc5c4c3)cc21. The van der Waals surface area contributed by atoms with Crippen molar-refractivity contribution < 1.29 is 8.81 Å². The maximum atomic E-state index is 13.9. The summed E-state index contributed by atoms with van der Waals surface area (Å²) in [4.78, 5) is 2.36. The number of halogens is 1. The zero-order chi connectivity index (χ0) is 36.8. The lowest BCUT2D eigenvalue weighted by molar-refractivity contribution is 0.627. The highest BCUT2D eigenvalue weighted by molar-refractivity contribution is 6.10. The Labute approximate surface area is 318 Å². The minimum Gasteiger partial charge on any atom is -0.456 e. The van der Waals surface area contributed by atoms with Gasteiger partial charge in [0.1, 0.15) is 17.0 Å². The Morgan fingerprint density at radius 3 is 1.96 bits per heavy atom. The third kappa shape index (κ3) is 4.81. The van der Waals surface area contributed by atoms with Gasteiger partial charge in [-0.15, -0.1) is 0 Å². The van der Waals surface area contributed by atoms with Crippen molar-refractivity contribution >= 4 is 60.8 Å². The first-order valence-electron chi connectivity index (χ1n) is 18.8. The van der Waals surface area contributed by atoms with Gasteiger partial charge >= 0.3 is 0 Å². The zero-order valence-corrected chi connectivity index (χ0v) is 30.4. The second-order valence-corrected chi connectivity index (χ2v) is 15.1. The molecule has 0 saturated heterocycles. The molecule has 0 amide bonds. The number of hydrogen-bond acceptors (Lipinski definition) is 2. The van der Waals surface area contributed by atoms with Crippen LogP contribution in [0.3, 0.4) is 0 Å². The molecule has 55 heavy (non-hydrogen) atoms. The van der Waals surface area contributed by atoms with E-state index in [0.29, 0.717) is 0 Å². The van der Waals surface area contributed by atoms with Gasteiger partial charge < -0.3 is 13.9 Å². The van der Waals surface area contributed by atoms with E-state index >= 15 is 0 Å². The normalized spacial score (nSPS) is 13.1. The van der Waals surface area contributed by atoms with Crippen LogP contribution >= 0.6 is 0 Å². The molecule has 1 aliphatic carbocycles. The fraction of sp³-hybridized carbons (Fsp3) is 0.0588. The molecule has 0 fully saturated rings. The number of rotatable bonds is 5. The highest BCUT2D eigenvalue weighted by atomic mass is 19.1. The number of furan rings is 1. The Kier molecular flexibility index (Phi) is 6.78. The van der Waals surface area contributed by atoms with Crippen LogP contribution in [-0.2, 0) is 5.41 Å². The number of nitrogens with zero attached hydrogens (tertiary/aromatic N) is 2. The summed E-state index contributed by atoms with van der Waals surface area (Å²) in [5.74, 6) is -0.241. The molecular weight excluding hydrogens is 676 g/mol. The van der Waals surface area contributed by atoms with E-state index in [1.807, 2.05) is 24.3 Å². The van der Waals surface area contributed by atoms with Gasteiger partial charge in [0.15, 0.2) is 0 Å². The van der Waals surface area contributed by atoms with Crippen molar-refractivity contribution in [2.75, 3.05) is 4.90 Å². The largest absolute Gasteiger partial charge is 0.456 e. The van der Waals surface area contributed by atoms with Crippen LogP contribution in [0.15, 0.2) is 180 Å². The molecule has 2 aromatic heterocycles. The van der Waals surface area contributed by atoms with Crippen molar-refractivity contribution in [1.29, 1.82) is 0 Å².